The van der Waals surface area contributed by atoms with E-state index in [9.17, 15) is 4.79 Å². The van der Waals surface area contributed by atoms with Crippen LogP contribution in [0.25, 0.3) is 0 Å². The number of amides is 1. The van der Waals surface area contributed by atoms with Crippen molar-refractivity contribution in [2.45, 2.75) is 32.2 Å². The van der Waals surface area contributed by atoms with Crippen LogP contribution in [0.2, 0.25) is 0 Å². The first-order valence-corrected chi connectivity index (χ1v) is 6.04. The van der Waals surface area contributed by atoms with Gasteiger partial charge in [-0.05, 0) is 19.3 Å². The van der Waals surface area contributed by atoms with Crippen LogP contribution in [0, 0.1) is 0 Å². The highest BCUT2D eigenvalue weighted by Gasteiger charge is 2.07. The van der Waals surface area contributed by atoms with E-state index < -0.39 is 0 Å². The van der Waals surface area contributed by atoms with Crippen LogP contribution in [0.4, 0.5) is 0 Å². The lowest BCUT2D eigenvalue weighted by atomic mass is 10.2. The highest BCUT2D eigenvalue weighted by molar-refractivity contribution is 5.75. The minimum Gasteiger partial charge on any atom is -0.396 e. The van der Waals surface area contributed by atoms with Crippen LogP contribution in [-0.2, 0) is 11.3 Å². The number of aliphatic hydroxyl groups excluding tert-OH is 1. The fourth-order valence-corrected chi connectivity index (χ4v) is 1.60. The number of carbonyl (C=O) groups is 1. The number of imidazole rings is 1. The number of hydrogen-bond donors (Lipinski definition) is 1. The largest absolute Gasteiger partial charge is 0.396 e. The van der Waals surface area contributed by atoms with Gasteiger partial charge in [0, 0.05) is 45.6 Å². The van der Waals surface area contributed by atoms with Gasteiger partial charge in [0.05, 0.1) is 6.33 Å². The number of aliphatic hydroxyl groups is 1. The second-order valence-corrected chi connectivity index (χ2v) is 4.15. The lowest BCUT2D eigenvalue weighted by Crippen LogP contribution is -2.28. The predicted molar refractivity (Wildman–Crippen MR) is 65.4 cm³/mol. The van der Waals surface area contributed by atoms with E-state index in [2.05, 4.69) is 4.98 Å². The van der Waals surface area contributed by atoms with Crippen molar-refractivity contribution in [2.75, 3.05) is 20.2 Å². The molecule has 0 radical (unpaired) electrons. The highest BCUT2D eigenvalue weighted by atomic mass is 16.2. The zero-order valence-corrected chi connectivity index (χ0v) is 10.4. The standard InChI is InChI=1S/C12H21N3O2/c1-14(7-3-2-4-10-16)12(17)5-8-15-9-6-13-11-15/h6,9,11,16H,2-5,7-8,10H2,1H3. The molecule has 0 aliphatic carbocycles. The summed E-state index contributed by atoms with van der Waals surface area (Å²) >= 11 is 0. The van der Waals surface area contributed by atoms with Gasteiger partial charge in [-0.3, -0.25) is 4.79 Å². The number of nitrogens with zero attached hydrogens (tertiary/aromatic N) is 3. The highest BCUT2D eigenvalue weighted by Crippen LogP contribution is 2.00. The Bertz CT molecular complexity index is 312. The van der Waals surface area contributed by atoms with E-state index in [-0.39, 0.29) is 12.5 Å². The number of unbranched alkanes of at least 4 members (excludes halogenated alkanes) is 2. The van der Waals surface area contributed by atoms with E-state index >= 15 is 0 Å². The third kappa shape index (κ3) is 5.49. The van der Waals surface area contributed by atoms with E-state index in [1.54, 1.807) is 17.4 Å². The van der Waals surface area contributed by atoms with Gasteiger partial charge in [0.25, 0.3) is 0 Å². The average molecular weight is 239 g/mol. The van der Waals surface area contributed by atoms with Gasteiger partial charge >= 0.3 is 0 Å². The monoisotopic (exact) mass is 239 g/mol. The van der Waals surface area contributed by atoms with E-state index in [1.165, 1.54) is 0 Å². The maximum Gasteiger partial charge on any atom is 0.224 e. The van der Waals surface area contributed by atoms with E-state index in [0.717, 1.165) is 25.8 Å². The van der Waals surface area contributed by atoms with Crippen molar-refractivity contribution in [1.29, 1.82) is 0 Å². The van der Waals surface area contributed by atoms with Gasteiger partial charge in [-0.25, -0.2) is 4.98 Å². The van der Waals surface area contributed by atoms with Crippen molar-refractivity contribution in [3.05, 3.63) is 18.7 Å². The van der Waals surface area contributed by atoms with Crippen molar-refractivity contribution in [1.82, 2.24) is 14.5 Å². The molecule has 0 aromatic carbocycles. The van der Waals surface area contributed by atoms with Crippen LogP contribution in [0.1, 0.15) is 25.7 Å². The van der Waals surface area contributed by atoms with Gasteiger partial charge in [-0.15, -0.1) is 0 Å². The molecule has 17 heavy (non-hydrogen) atoms. The molecule has 1 aromatic rings. The number of carbonyl (C=O) groups excluding carboxylic acids is 1. The molecule has 0 unspecified atom stereocenters. The third-order valence-electron chi connectivity index (χ3n) is 2.72. The maximum absolute atomic E-state index is 11.7. The Balaban J connectivity index is 2.13. The van der Waals surface area contributed by atoms with Crippen molar-refractivity contribution >= 4 is 5.91 Å². The summed E-state index contributed by atoms with van der Waals surface area (Å²) < 4.78 is 1.90. The number of aromatic nitrogens is 2. The van der Waals surface area contributed by atoms with Crippen molar-refractivity contribution in [3.63, 3.8) is 0 Å². The third-order valence-corrected chi connectivity index (χ3v) is 2.72. The molecular weight excluding hydrogens is 218 g/mol. The van der Waals surface area contributed by atoms with Crippen molar-refractivity contribution in [2.24, 2.45) is 0 Å². The van der Waals surface area contributed by atoms with Gasteiger partial charge in [0.2, 0.25) is 5.91 Å². The molecule has 0 spiro atoms. The Morgan fingerprint density at radius 3 is 2.88 bits per heavy atom. The molecule has 96 valence electrons. The Kier molecular flexibility index (Phi) is 6.32. The molecule has 0 saturated heterocycles. The summed E-state index contributed by atoms with van der Waals surface area (Å²) in [7, 11) is 1.83. The van der Waals surface area contributed by atoms with Crippen LogP contribution >= 0.6 is 0 Å². The average Bonchev–Trinajstić information content (AvgIpc) is 2.84. The van der Waals surface area contributed by atoms with E-state index in [0.29, 0.717) is 13.0 Å². The lowest BCUT2D eigenvalue weighted by Gasteiger charge is -2.17. The maximum atomic E-state index is 11.7. The summed E-state index contributed by atoms with van der Waals surface area (Å²) in [6, 6.07) is 0. The van der Waals surface area contributed by atoms with Gasteiger partial charge < -0.3 is 14.6 Å². The molecule has 1 amide bonds. The molecule has 1 heterocycles. The number of aryl methyl sites for hydroxylation is 1. The molecule has 1 rings (SSSR count). The quantitative estimate of drug-likeness (QED) is 0.685. The molecule has 0 fully saturated rings. The molecular formula is C12H21N3O2. The number of hydrogen-bond acceptors (Lipinski definition) is 3. The summed E-state index contributed by atoms with van der Waals surface area (Å²) in [4.78, 5) is 17.4. The molecule has 5 heteroatoms. The topological polar surface area (TPSA) is 58.4 Å². The zero-order chi connectivity index (χ0) is 12.5. The first kappa shape index (κ1) is 13.7. The van der Waals surface area contributed by atoms with Crippen molar-refractivity contribution in [3.8, 4) is 0 Å². The SMILES string of the molecule is CN(CCCCCO)C(=O)CCn1ccnc1. The first-order chi connectivity index (χ1) is 8.24. The Morgan fingerprint density at radius 1 is 1.41 bits per heavy atom. The summed E-state index contributed by atoms with van der Waals surface area (Å²) in [6.45, 7) is 1.68. The Morgan fingerprint density at radius 2 is 2.24 bits per heavy atom. The molecule has 0 atom stereocenters. The molecule has 0 aliphatic heterocycles. The van der Waals surface area contributed by atoms with E-state index in [1.807, 2.05) is 17.8 Å². The van der Waals surface area contributed by atoms with Crippen LogP contribution in [0.5, 0.6) is 0 Å². The fourth-order valence-electron chi connectivity index (χ4n) is 1.60. The Labute approximate surface area is 102 Å². The van der Waals surface area contributed by atoms with Gasteiger partial charge in [0.15, 0.2) is 0 Å². The second-order valence-electron chi connectivity index (χ2n) is 4.15. The minimum atomic E-state index is 0.155. The van der Waals surface area contributed by atoms with Gasteiger partial charge in [-0.1, -0.05) is 0 Å². The van der Waals surface area contributed by atoms with Crippen LogP contribution in [-0.4, -0.2) is 45.7 Å². The molecule has 0 saturated carbocycles. The predicted octanol–water partition coefficient (Wildman–Crippen LogP) is 0.894. The molecule has 0 bridgehead atoms. The normalized spacial score (nSPS) is 10.5. The number of rotatable bonds is 8. The van der Waals surface area contributed by atoms with Crippen LogP contribution in [0.3, 0.4) is 0 Å². The van der Waals surface area contributed by atoms with Crippen molar-refractivity contribution < 1.29 is 9.90 Å². The lowest BCUT2D eigenvalue weighted by molar-refractivity contribution is -0.130. The minimum absolute atomic E-state index is 0.155. The Hall–Kier alpha value is -1.36. The summed E-state index contributed by atoms with van der Waals surface area (Å²) in [5, 5.41) is 8.64. The van der Waals surface area contributed by atoms with Crippen LogP contribution < -0.4 is 0 Å². The summed E-state index contributed by atoms with van der Waals surface area (Å²) in [5.41, 5.74) is 0. The summed E-state index contributed by atoms with van der Waals surface area (Å²) in [5.74, 6) is 0.155. The summed E-state index contributed by atoms with van der Waals surface area (Å²) in [6.07, 6.45) is 8.53. The van der Waals surface area contributed by atoms with Gasteiger partial charge in [-0.2, -0.15) is 0 Å². The van der Waals surface area contributed by atoms with E-state index in [4.69, 9.17) is 5.11 Å². The second kappa shape index (κ2) is 7.84. The molecule has 0 aliphatic rings. The first-order valence-electron chi connectivity index (χ1n) is 6.04. The van der Waals surface area contributed by atoms with Crippen LogP contribution in [0.15, 0.2) is 18.7 Å². The fraction of sp³-hybridized carbons (Fsp3) is 0.667. The molecule has 1 N–H and O–H groups in total. The smallest absolute Gasteiger partial charge is 0.224 e. The molecule has 1 aromatic heterocycles. The molecule has 5 nitrogen and oxygen atoms in total. The van der Waals surface area contributed by atoms with Gasteiger partial charge in [0.1, 0.15) is 0 Å². The zero-order valence-electron chi connectivity index (χ0n) is 10.4.